The summed E-state index contributed by atoms with van der Waals surface area (Å²) in [6.07, 6.45) is 6.39. The summed E-state index contributed by atoms with van der Waals surface area (Å²) in [5, 5.41) is 11.4. The van der Waals surface area contributed by atoms with Gasteiger partial charge in [0.2, 0.25) is 0 Å². The highest BCUT2D eigenvalue weighted by Gasteiger charge is 2.80. The van der Waals surface area contributed by atoms with Crippen molar-refractivity contribution in [3.05, 3.63) is 23.8 Å². The number of aliphatic hydroxyl groups excluding tert-OH is 1. The predicted molar refractivity (Wildman–Crippen MR) is 103 cm³/mol. The smallest absolute Gasteiger partial charge is 0.316 e. The van der Waals surface area contributed by atoms with Gasteiger partial charge in [-0.3, -0.25) is 9.53 Å². The van der Waals surface area contributed by atoms with Gasteiger partial charge in [-0.15, -0.1) is 0 Å². The van der Waals surface area contributed by atoms with Crippen molar-refractivity contribution in [1.29, 1.82) is 0 Å². The molecule has 6 aliphatic rings. The summed E-state index contributed by atoms with van der Waals surface area (Å²) in [4.78, 5) is 11.9. The summed E-state index contributed by atoms with van der Waals surface area (Å²) in [6, 6.07) is 0. The zero-order valence-corrected chi connectivity index (χ0v) is 17.5. The van der Waals surface area contributed by atoms with Crippen molar-refractivity contribution >= 4 is 5.78 Å². The molecule has 6 nitrogen and oxygen atoms in total. The molecular formula is C23H29FO6. The van der Waals surface area contributed by atoms with Crippen molar-refractivity contribution in [2.45, 2.75) is 69.3 Å². The van der Waals surface area contributed by atoms with Crippen molar-refractivity contribution in [1.82, 2.24) is 0 Å². The number of rotatable bonds is 0. The quantitative estimate of drug-likeness (QED) is 0.650. The fourth-order valence-electron chi connectivity index (χ4n) is 8.06. The van der Waals surface area contributed by atoms with E-state index in [1.54, 1.807) is 12.2 Å². The van der Waals surface area contributed by atoms with Crippen LogP contribution in [0.2, 0.25) is 0 Å². The summed E-state index contributed by atoms with van der Waals surface area (Å²) in [5.41, 5.74) is -3.44. The Labute approximate surface area is 175 Å². The van der Waals surface area contributed by atoms with Gasteiger partial charge in [0, 0.05) is 16.7 Å². The van der Waals surface area contributed by atoms with E-state index in [9.17, 15) is 9.90 Å². The molecule has 4 aliphatic carbocycles. The Morgan fingerprint density at radius 1 is 1.10 bits per heavy atom. The average Bonchev–Trinajstić information content (AvgIpc) is 3.40. The molecule has 7 heteroatoms. The van der Waals surface area contributed by atoms with Gasteiger partial charge in [0.15, 0.2) is 23.8 Å². The lowest BCUT2D eigenvalue weighted by molar-refractivity contribution is -0.364. The molecule has 0 aromatic heterocycles. The number of hydrogen-bond acceptors (Lipinski definition) is 6. The van der Waals surface area contributed by atoms with Gasteiger partial charge < -0.3 is 19.3 Å². The molecule has 2 spiro atoms. The summed E-state index contributed by atoms with van der Waals surface area (Å²) in [6.45, 7) is 4.85. The van der Waals surface area contributed by atoms with E-state index < -0.39 is 34.2 Å². The summed E-state index contributed by atoms with van der Waals surface area (Å²) < 4.78 is 41.2. The van der Waals surface area contributed by atoms with Crippen LogP contribution >= 0.6 is 0 Å². The lowest BCUT2D eigenvalue weighted by Crippen LogP contribution is -2.70. The number of aliphatic hydroxyl groups is 1. The van der Waals surface area contributed by atoms with Gasteiger partial charge in [-0.05, 0) is 57.1 Å². The molecule has 0 amide bonds. The zero-order valence-electron chi connectivity index (χ0n) is 17.5. The highest BCUT2D eigenvalue weighted by atomic mass is 19.1. The van der Waals surface area contributed by atoms with Gasteiger partial charge in [0.05, 0.1) is 19.3 Å². The molecule has 5 fully saturated rings. The Kier molecular flexibility index (Phi) is 3.79. The first-order valence-electron chi connectivity index (χ1n) is 11.1. The Morgan fingerprint density at radius 2 is 1.87 bits per heavy atom. The molecular weight excluding hydrogens is 391 g/mol. The third-order valence-corrected chi connectivity index (χ3v) is 9.48. The average molecular weight is 420 g/mol. The molecule has 2 heterocycles. The first-order valence-corrected chi connectivity index (χ1v) is 11.1. The molecule has 30 heavy (non-hydrogen) atoms. The van der Waals surface area contributed by atoms with Gasteiger partial charge in [-0.1, -0.05) is 18.6 Å². The minimum absolute atomic E-state index is 0.0123. The highest BCUT2D eigenvalue weighted by molar-refractivity contribution is 6.01. The van der Waals surface area contributed by atoms with Crippen LogP contribution in [0.3, 0.4) is 0 Å². The second-order valence-electron chi connectivity index (χ2n) is 10.3. The lowest BCUT2D eigenvalue weighted by Gasteiger charge is -2.63. The summed E-state index contributed by atoms with van der Waals surface area (Å²) >= 11 is 0. The number of ketones is 1. The second kappa shape index (κ2) is 5.81. The van der Waals surface area contributed by atoms with Crippen LogP contribution in [0.15, 0.2) is 23.8 Å². The largest absolute Gasteiger partial charge is 0.390 e. The van der Waals surface area contributed by atoms with Crippen LogP contribution in [-0.4, -0.2) is 54.2 Å². The maximum atomic E-state index is 17.1. The fraction of sp³-hybridized carbons (Fsp3) is 0.783. The van der Waals surface area contributed by atoms with E-state index in [1.807, 2.05) is 6.92 Å². The Bertz CT molecular complexity index is 858. The van der Waals surface area contributed by atoms with Gasteiger partial charge in [-0.2, -0.15) is 0 Å². The Balaban J connectivity index is 1.45. The third-order valence-electron chi connectivity index (χ3n) is 9.48. The third kappa shape index (κ3) is 1.92. The molecule has 1 N–H and O–H groups in total. The van der Waals surface area contributed by atoms with E-state index in [0.29, 0.717) is 32.5 Å². The first kappa shape index (κ1) is 19.6. The number of ether oxygens (including phenoxy) is 4. The van der Waals surface area contributed by atoms with Crippen molar-refractivity contribution < 1.29 is 33.2 Å². The Hall–Kier alpha value is -1.12. The van der Waals surface area contributed by atoms with Crippen molar-refractivity contribution in [3.63, 3.8) is 0 Å². The van der Waals surface area contributed by atoms with Crippen LogP contribution in [0.4, 0.5) is 4.39 Å². The molecule has 0 bridgehead atoms. The van der Waals surface area contributed by atoms with Crippen molar-refractivity contribution in [2.24, 2.45) is 22.7 Å². The van der Waals surface area contributed by atoms with Crippen LogP contribution in [0.25, 0.3) is 0 Å². The van der Waals surface area contributed by atoms with E-state index in [0.717, 1.165) is 12.0 Å². The predicted octanol–water partition coefficient (Wildman–Crippen LogP) is 2.80. The highest BCUT2D eigenvalue weighted by Crippen LogP contribution is 2.73. The van der Waals surface area contributed by atoms with Crippen LogP contribution in [0, 0.1) is 22.7 Å². The summed E-state index contributed by atoms with van der Waals surface area (Å²) in [7, 11) is 0. The first-order chi connectivity index (χ1) is 14.2. The lowest BCUT2D eigenvalue weighted by atomic mass is 9.44. The standard InChI is InChI=1S/C23H29FO6/c1-19-7-5-15(25)11-14(19)3-4-17-16-6-8-21(20(16,2)12-18(26)22(17,19)24)23(30-13-29-21)27-9-10-28-23/h5,7,11,16-18,26H,3-4,6,8-10,12-13H2,1-2H3/t16-,17-,18-,19-,20-,21+,22-/m0/s1. The number of allylic oxidation sites excluding steroid dienone is 4. The van der Waals surface area contributed by atoms with Crippen LogP contribution < -0.4 is 0 Å². The van der Waals surface area contributed by atoms with Gasteiger partial charge in [0.1, 0.15) is 0 Å². The molecule has 0 aromatic rings. The normalized spacial score (nSPS) is 53.7. The second-order valence-corrected chi connectivity index (χ2v) is 10.3. The number of carbonyl (C=O) groups excluding carboxylic acids is 1. The molecule has 3 saturated carbocycles. The molecule has 0 aromatic carbocycles. The number of carbonyl (C=O) groups is 1. The van der Waals surface area contributed by atoms with Crippen molar-refractivity contribution in [3.8, 4) is 0 Å². The molecule has 0 radical (unpaired) electrons. The number of hydrogen-bond donors (Lipinski definition) is 1. The number of halogens is 1. The Morgan fingerprint density at radius 3 is 2.63 bits per heavy atom. The van der Waals surface area contributed by atoms with Crippen LogP contribution in [0.5, 0.6) is 0 Å². The van der Waals surface area contributed by atoms with Gasteiger partial charge in [-0.25, -0.2) is 4.39 Å². The summed E-state index contributed by atoms with van der Waals surface area (Å²) in [5.74, 6) is -1.74. The molecule has 7 atom stereocenters. The van der Waals surface area contributed by atoms with Gasteiger partial charge >= 0.3 is 5.97 Å². The van der Waals surface area contributed by atoms with E-state index >= 15 is 4.39 Å². The van der Waals surface area contributed by atoms with E-state index in [-0.39, 0.29) is 30.8 Å². The molecule has 2 aliphatic heterocycles. The van der Waals surface area contributed by atoms with Crippen LogP contribution in [0.1, 0.15) is 46.0 Å². The monoisotopic (exact) mass is 420 g/mol. The number of alkyl halides is 1. The molecule has 164 valence electrons. The van der Waals surface area contributed by atoms with Gasteiger partial charge in [0.25, 0.3) is 0 Å². The maximum Gasteiger partial charge on any atom is 0.316 e. The fourth-order valence-corrected chi connectivity index (χ4v) is 8.06. The SMILES string of the molecule is C[C@]12C=CC(=O)C=C1CC[C@H]1[C@@H]3CC[C@@]4(OCOC45OCCO5)[C@@]3(C)C[C@H](O)[C@@]12F. The zero-order chi connectivity index (χ0) is 21.0. The van der Waals surface area contributed by atoms with E-state index in [4.69, 9.17) is 18.9 Å². The molecule has 0 unspecified atom stereocenters. The van der Waals surface area contributed by atoms with Crippen molar-refractivity contribution in [2.75, 3.05) is 20.0 Å². The van der Waals surface area contributed by atoms with E-state index in [2.05, 4.69) is 6.92 Å². The maximum absolute atomic E-state index is 17.1. The topological polar surface area (TPSA) is 74.2 Å². The van der Waals surface area contributed by atoms with E-state index in [1.165, 1.54) is 6.08 Å². The molecule has 6 rings (SSSR count). The minimum atomic E-state index is -1.84. The van der Waals surface area contributed by atoms with Crippen LogP contribution in [-0.2, 0) is 23.7 Å². The minimum Gasteiger partial charge on any atom is -0.390 e. The molecule has 2 saturated heterocycles. The number of fused-ring (bicyclic) bond motifs is 7.